The van der Waals surface area contributed by atoms with Crippen molar-refractivity contribution < 1.29 is 20.1 Å². The largest absolute Gasteiger partial charge is 0.388 e. The first-order valence-corrected chi connectivity index (χ1v) is 12.2. The number of allylic oxidation sites excluding steroid dienone is 1. The molecule has 0 saturated carbocycles. The fraction of sp³-hybridized carbons (Fsp3) is 0.348. The molecule has 164 valence electrons. The number of aliphatic hydroxyl groups excluding tert-OH is 3. The number of nitrogens with zero attached hydrogens (tertiary/aromatic N) is 1. The molecule has 1 fully saturated rings. The van der Waals surface area contributed by atoms with Gasteiger partial charge in [0, 0.05) is 23.2 Å². The minimum atomic E-state index is -1.29. The van der Waals surface area contributed by atoms with E-state index < -0.39 is 30.5 Å². The lowest BCUT2D eigenvalue weighted by atomic mass is 9.89. The predicted octanol–water partition coefficient (Wildman–Crippen LogP) is 4.60. The molecular weight excluding hydrogens is 454 g/mol. The maximum atomic E-state index is 10.6. The SMILES string of the molecule is C=CCC[C@H]1O[C@@H](c2ccc(Cl)c(Cc3ncc(-c4ccsc4)s3)c2)[C@H](O)[C@H](O)[C@@H]1O. The standard InChI is InChI=1S/C23H24ClNO4S2/c1-2-3-4-17-20(26)21(27)22(28)23(29-17)13-5-6-16(24)15(9-13)10-19-25-11-18(31-19)14-7-8-30-12-14/h2,5-9,11-12,17,20-23,26-28H,1,3-4,10H2/t17-,20-,21-,22-,23+/m1/s1. The predicted molar refractivity (Wildman–Crippen MR) is 125 cm³/mol. The molecule has 0 bridgehead atoms. The summed E-state index contributed by atoms with van der Waals surface area (Å²) in [6.45, 7) is 3.69. The average molecular weight is 478 g/mol. The number of thiazole rings is 1. The molecule has 5 atom stereocenters. The van der Waals surface area contributed by atoms with Crippen LogP contribution in [0, 0.1) is 0 Å². The van der Waals surface area contributed by atoms with Gasteiger partial charge >= 0.3 is 0 Å². The van der Waals surface area contributed by atoms with Crippen LogP contribution < -0.4 is 0 Å². The Hall–Kier alpha value is -1.58. The molecule has 1 aliphatic heterocycles. The molecule has 31 heavy (non-hydrogen) atoms. The van der Waals surface area contributed by atoms with Crippen LogP contribution in [0.25, 0.3) is 10.4 Å². The molecule has 3 aromatic rings. The van der Waals surface area contributed by atoms with Crippen LogP contribution in [0.2, 0.25) is 5.02 Å². The van der Waals surface area contributed by atoms with Crippen molar-refractivity contribution in [1.29, 1.82) is 0 Å². The van der Waals surface area contributed by atoms with Crippen LogP contribution in [0.15, 0.2) is 53.9 Å². The topological polar surface area (TPSA) is 82.8 Å². The Kier molecular flexibility index (Phi) is 7.23. The molecule has 5 nitrogen and oxygen atoms in total. The lowest BCUT2D eigenvalue weighted by Crippen LogP contribution is -2.54. The summed E-state index contributed by atoms with van der Waals surface area (Å²) in [6.07, 6.45) is 0.273. The summed E-state index contributed by atoms with van der Waals surface area (Å²) in [5, 5.41) is 36.9. The van der Waals surface area contributed by atoms with Crippen LogP contribution in [0.5, 0.6) is 0 Å². The van der Waals surface area contributed by atoms with Crippen LogP contribution in [0.3, 0.4) is 0 Å². The molecule has 1 aromatic carbocycles. The van der Waals surface area contributed by atoms with Crippen LogP contribution >= 0.6 is 34.3 Å². The van der Waals surface area contributed by atoms with E-state index in [2.05, 4.69) is 23.0 Å². The number of halogens is 1. The molecule has 1 aliphatic rings. The Balaban J connectivity index is 1.56. The van der Waals surface area contributed by atoms with Gasteiger partial charge in [0.05, 0.1) is 16.0 Å². The molecule has 0 amide bonds. The Morgan fingerprint density at radius 1 is 1.16 bits per heavy atom. The first kappa shape index (κ1) is 22.6. The second kappa shape index (κ2) is 9.92. The van der Waals surface area contributed by atoms with E-state index in [1.54, 1.807) is 40.9 Å². The second-order valence-corrected chi connectivity index (χ2v) is 9.89. The number of aromatic nitrogens is 1. The van der Waals surface area contributed by atoms with Crippen LogP contribution in [-0.4, -0.2) is 44.7 Å². The zero-order valence-electron chi connectivity index (χ0n) is 16.7. The second-order valence-electron chi connectivity index (χ2n) is 7.59. The van der Waals surface area contributed by atoms with Gasteiger partial charge in [-0.25, -0.2) is 4.98 Å². The maximum absolute atomic E-state index is 10.6. The number of hydrogen-bond donors (Lipinski definition) is 3. The molecular formula is C23H24ClNO4S2. The molecule has 3 heterocycles. The van der Waals surface area contributed by atoms with Gasteiger partial charge in [0.15, 0.2) is 0 Å². The highest BCUT2D eigenvalue weighted by atomic mass is 35.5. The molecule has 0 radical (unpaired) electrons. The number of ether oxygens (including phenoxy) is 1. The number of benzene rings is 1. The molecule has 0 unspecified atom stereocenters. The van der Waals surface area contributed by atoms with Crippen molar-refractivity contribution in [3.05, 3.63) is 75.0 Å². The van der Waals surface area contributed by atoms with E-state index in [0.29, 0.717) is 29.8 Å². The molecule has 4 rings (SSSR count). The van der Waals surface area contributed by atoms with Gasteiger partial charge in [0.1, 0.15) is 24.4 Å². The van der Waals surface area contributed by atoms with E-state index in [0.717, 1.165) is 21.0 Å². The van der Waals surface area contributed by atoms with Crippen LogP contribution in [-0.2, 0) is 11.2 Å². The Bertz CT molecular complexity index is 1020. The third-order valence-corrected chi connectivity index (χ3v) is 7.57. The molecule has 0 aliphatic carbocycles. The quantitative estimate of drug-likeness (QED) is 0.433. The number of thiophene rings is 1. The Morgan fingerprint density at radius 3 is 2.74 bits per heavy atom. The highest BCUT2D eigenvalue weighted by molar-refractivity contribution is 7.15. The van der Waals surface area contributed by atoms with E-state index in [1.807, 2.05) is 17.6 Å². The summed E-state index contributed by atoms with van der Waals surface area (Å²) in [4.78, 5) is 5.64. The molecule has 1 saturated heterocycles. The van der Waals surface area contributed by atoms with Crippen LogP contribution in [0.4, 0.5) is 0 Å². The Labute approximate surface area is 194 Å². The monoisotopic (exact) mass is 477 g/mol. The Morgan fingerprint density at radius 2 is 2.00 bits per heavy atom. The lowest BCUT2D eigenvalue weighted by Gasteiger charge is -2.41. The maximum Gasteiger partial charge on any atom is 0.113 e. The van der Waals surface area contributed by atoms with Crippen molar-refractivity contribution >= 4 is 34.3 Å². The van der Waals surface area contributed by atoms with Gasteiger partial charge in [-0.1, -0.05) is 29.8 Å². The number of rotatable bonds is 7. The van der Waals surface area contributed by atoms with Gasteiger partial charge in [0.2, 0.25) is 0 Å². The van der Waals surface area contributed by atoms with E-state index in [-0.39, 0.29) is 0 Å². The van der Waals surface area contributed by atoms with Crippen molar-refractivity contribution in [3.63, 3.8) is 0 Å². The van der Waals surface area contributed by atoms with Gasteiger partial charge in [0.25, 0.3) is 0 Å². The van der Waals surface area contributed by atoms with E-state index >= 15 is 0 Å². The molecule has 2 aromatic heterocycles. The van der Waals surface area contributed by atoms with Gasteiger partial charge < -0.3 is 20.1 Å². The van der Waals surface area contributed by atoms with E-state index in [9.17, 15) is 15.3 Å². The number of hydrogen-bond acceptors (Lipinski definition) is 7. The van der Waals surface area contributed by atoms with Crippen molar-refractivity contribution in [2.45, 2.75) is 49.8 Å². The highest BCUT2D eigenvalue weighted by Gasteiger charge is 2.43. The van der Waals surface area contributed by atoms with E-state index in [1.165, 1.54) is 0 Å². The fourth-order valence-corrected chi connectivity index (χ4v) is 5.60. The van der Waals surface area contributed by atoms with Gasteiger partial charge in [-0.2, -0.15) is 11.3 Å². The zero-order chi connectivity index (χ0) is 22.0. The van der Waals surface area contributed by atoms with Gasteiger partial charge in [-0.05, 0) is 46.9 Å². The first-order chi connectivity index (χ1) is 15.0. The van der Waals surface area contributed by atoms with Crippen LogP contribution in [0.1, 0.15) is 35.1 Å². The highest BCUT2D eigenvalue weighted by Crippen LogP contribution is 2.36. The summed E-state index contributed by atoms with van der Waals surface area (Å²) >= 11 is 9.72. The minimum Gasteiger partial charge on any atom is -0.388 e. The number of aliphatic hydroxyl groups is 3. The summed E-state index contributed by atoms with van der Waals surface area (Å²) in [5.41, 5.74) is 2.73. The third kappa shape index (κ3) is 4.93. The smallest absolute Gasteiger partial charge is 0.113 e. The summed E-state index contributed by atoms with van der Waals surface area (Å²) in [5.74, 6) is 0. The average Bonchev–Trinajstić information content (AvgIpc) is 3.45. The minimum absolute atomic E-state index is 0.510. The fourth-order valence-electron chi connectivity index (χ4n) is 3.75. The normalized spacial score (nSPS) is 26.1. The molecule has 8 heteroatoms. The summed E-state index contributed by atoms with van der Waals surface area (Å²) < 4.78 is 6.00. The molecule has 3 N–H and O–H groups in total. The van der Waals surface area contributed by atoms with Crippen molar-refractivity contribution in [2.75, 3.05) is 0 Å². The van der Waals surface area contributed by atoms with Crippen molar-refractivity contribution in [2.24, 2.45) is 0 Å². The molecule has 0 spiro atoms. The van der Waals surface area contributed by atoms with Gasteiger partial charge in [-0.15, -0.1) is 17.9 Å². The zero-order valence-corrected chi connectivity index (χ0v) is 19.1. The van der Waals surface area contributed by atoms with Gasteiger partial charge in [-0.3, -0.25) is 0 Å². The van der Waals surface area contributed by atoms with Crippen molar-refractivity contribution in [3.8, 4) is 10.4 Å². The summed E-state index contributed by atoms with van der Waals surface area (Å²) in [7, 11) is 0. The van der Waals surface area contributed by atoms with E-state index in [4.69, 9.17) is 16.3 Å². The first-order valence-electron chi connectivity index (χ1n) is 10.0. The summed E-state index contributed by atoms with van der Waals surface area (Å²) in [6, 6.07) is 7.51. The third-order valence-electron chi connectivity index (χ3n) is 5.47. The lowest BCUT2D eigenvalue weighted by molar-refractivity contribution is -0.225. The van der Waals surface area contributed by atoms with Crippen molar-refractivity contribution in [1.82, 2.24) is 4.98 Å².